The lowest BCUT2D eigenvalue weighted by Crippen LogP contribution is -2.05. The smallest absolute Gasteiger partial charge is 0.221 e. The summed E-state index contributed by atoms with van der Waals surface area (Å²) in [7, 11) is 0. The Morgan fingerprint density at radius 1 is 0.448 bits per heavy atom. The quantitative estimate of drug-likeness (QED) is 0.0337. The van der Waals surface area contributed by atoms with E-state index in [2.05, 4.69) is 87.6 Å². The van der Waals surface area contributed by atoms with Crippen LogP contribution in [0.4, 0.5) is 5.69 Å². The van der Waals surface area contributed by atoms with E-state index in [1.165, 1.54) is 51.4 Å². The van der Waals surface area contributed by atoms with Gasteiger partial charge in [0.2, 0.25) is 5.91 Å². The minimum Gasteiger partial charge on any atom is -0.493 e. The summed E-state index contributed by atoms with van der Waals surface area (Å²) >= 11 is 0. The first-order valence-corrected chi connectivity index (χ1v) is 22.6. The highest BCUT2D eigenvalue weighted by atomic mass is 16.5. The molecule has 1 N–H and O–H groups in total. The van der Waals surface area contributed by atoms with Crippen molar-refractivity contribution in [3.63, 3.8) is 0 Å². The van der Waals surface area contributed by atoms with Crippen molar-refractivity contribution in [2.24, 2.45) is 0 Å². The van der Waals surface area contributed by atoms with Crippen molar-refractivity contribution in [1.82, 2.24) is 0 Å². The van der Waals surface area contributed by atoms with E-state index in [1.807, 2.05) is 12.1 Å². The number of rotatable bonds is 26. The summed E-state index contributed by atoms with van der Waals surface area (Å²) in [4.78, 5) is 11.9. The van der Waals surface area contributed by atoms with Crippen molar-refractivity contribution in [3.05, 3.63) is 66.7 Å². The number of carbonyl (C=O) groups is 1. The van der Waals surface area contributed by atoms with Gasteiger partial charge in [-0.05, 0) is 84.0 Å². The molecular formula is C52H67NO5. The molecule has 1 amide bonds. The van der Waals surface area contributed by atoms with Crippen LogP contribution in [0, 0.1) is 0 Å². The Morgan fingerprint density at radius 3 is 1.31 bits per heavy atom. The third-order valence-corrected chi connectivity index (χ3v) is 11.4. The predicted octanol–water partition coefficient (Wildman–Crippen LogP) is 15.2. The molecule has 0 radical (unpaired) electrons. The fraction of sp³-hybridized carbons (Fsp3) is 0.481. The Balaban J connectivity index is 1.67. The third-order valence-electron chi connectivity index (χ3n) is 11.4. The molecule has 310 valence electrons. The van der Waals surface area contributed by atoms with Crippen LogP contribution in [0.3, 0.4) is 0 Å². The molecule has 0 aromatic heterocycles. The van der Waals surface area contributed by atoms with E-state index >= 15 is 0 Å². The number of amides is 1. The fourth-order valence-electron chi connectivity index (χ4n) is 8.34. The molecule has 0 unspecified atom stereocenters. The maximum absolute atomic E-state index is 11.9. The predicted molar refractivity (Wildman–Crippen MR) is 246 cm³/mol. The molecule has 0 aliphatic heterocycles. The number of fused-ring (bicyclic) bond motifs is 2. The molecule has 0 atom stereocenters. The highest BCUT2D eigenvalue weighted by molar-refractivity contribution is 6.38. The van der Waals surface area contributed by atoms with Crippen molar-refractivity contribution in [2.75, 3.05) is 31.7 Å². The lowest BCUT2D eigenvalue weighted by molar-refractivity contribution is -0.114. The average molecular weight is 786 g/mol. The first kappa shape index (κ1) is 42.9. The fourth-order valence-corrected chi connectivity index (χ4v) is 8.34. The molecule has 6 rings (SSSR count). The van der Waals surface area contributed by atoms with Crippen molar-refractivity contribution >= 4 is 54.7 Å². The molecule has 6 aromatic carbocycles. The third kappa shape index (κ3) is 10.3. The Kier molecular flexibility index (Phi) is 16.2. The van der Waals surface area contributed by atoms with Crippen molar-refractivity contribution in [3.8, 4) is 34.1 Å². The summed E-state index contributed by atoms with van der Waals surface area (Å²) < 4.78 is 27.5. The minimum atomic E-state index is -0.0880. The van der Waals surface area contributed by atoms with Gasteiger partial charge >= 0.3 is 0 Å². The van der Waals surface area contributed by atoms with E-state index in [9.17, 15) is 4.79 Å². The Bertz CT molecular complexity index is 2140. The van der Waals surface area contributed by atoms with Gasteiger partial charge in [0.25, 0.3) is 0 Å². The molecular weight excluding hydrogens is 719 g/mol. The first-order chi connectivity index (χ1) is 28.5. The molecule has 6 heteroatoms. The van der Waals surface area contributed by atoms with Crippen LogP contribution in [0.5, 0.6) is 23.0 Å². The largest absolute Gasteiger partial charge is 0.493 e. The Labute approximate surface area is 347 Å². The molecule has 0 saturated heterocycles. The number of anilines is 1. The van der Waals surface area contributed by atoms with Crippen molar-refractivity contribution < 1.29 is 23.7 Å². The van der Waals surface area contributed by atoms with Gasteiger partial charge in [-0.15, -0.1) is 0 Å². The summed E-state index contributed by atoms with van der Waals surface area (Å²) in [6, 6.07) is 23.5. The number of benzene rings is 6. The first-order valence-electron chi connectivity index (χ1n) is 22.6. The van der Waals surface area contributed by atoms with Crippen LogP contribution in [0.2, 0.25) is 0 Å². The molecule has 0 spiro atoms. The van der Waals surface area contributed by atoms with E-state index in [-0.39, 0.29) is 5.91 Å². The van der Waals surface area contributed by atoms with Gasteiger partial charge < -0.3 is 24.3 Å². The van der Waals surface area contributed by atoms with E-state index in [1.54, 1.807) is 6.92 Å². The molecule has 58 heavy (non-hydrogen) atoms. The van der Waals surface area contributed by atoms with E-state index < -0.39 is 0 Å². The van der Waals surface area contributed by atoms with Gasteiger partial charge in [-0.1, -0.05) is 135 Å². The lowest BCUT2D eigenvalue weighted by Gasteiger charge is -2.24. The second-order valence-electron chi connectivity index (χ2n) is 16.0. The normalized spacial score (nSPS) is 11.6. The Morgan fingerprint density at radius 2 is 0.862 bits per heavy atom. The number of hydrogen-bond donors (Lipinski definition) is 1. The molecule has 6 aromatic rings. The molecule has 0 heterocycles. The van der Waals surface area contributed by atoms with E-state index in [4.69, 9.17) is 18.9 Å². The summed E-state index contributed by atoms with van der Waals surface area (Å²) in [5, 5.41) is 11.7. The highest BCUT2D eigenvalue weighted by Gasteiger charge is 2.26. The zero-order valence-electron chi connectivity index (χ0n) is 36.0. The number of ether oxygens (including phenoxy) is 4. The van der Waals surface area contributed by atoms with Gasteiger partial charge in [0.05, 0.1) is 26.4 Å². The Hall–Kier alpha value is -4.71. The SMILES string of the molecule is CCCCCCOc1ccc2ccc(OCCCCCC)c3c4c(OCCCCCC)cc(-c5ccc(NC(C)=O)cc5)c5ccc(OCCCCCC)c(c1c23)c54. The molecule has 6 nitrogen and oxygen atoms in total. The number of hydrogen-bond acceptors (Lipinski definition) is 5. The standard InChI is InChI=1S/C52H67NO5/c1-6-10-14-18-32-55-43-29-24-39-25-30-44(56-33-19-15-11-7-2)50-47(39)49(43)51-45(57-34-20-16-12-8-3)31-28-41-42(38-22-26-40(27-23-38)53-37(5)54)36-46(52(50)48(41)51)58-35-21-17-13-9-4/h22-31,36H,6-21,32-35H2,1-5H3,(H,53,54). The molecule has 0 bridgehead atoms. The molecule has 0 aliphatic rings. The number of nitrogens with one attached hydrogen (secondary N) is 1. The molecule has 0 aliphatic carbocycles. The van der Waals surface area contributed by atoms with Gasteiger partial charge in [0.15, 0.2) is 0 Å². The van der Waals surface area contributed by atoms with E-state index in [0.717, 1.165) is 134 Å². The van der Waals surface area contributed by atoms with Crippen LogP contribution in [0.1, 0.15) is 137 Å². The van der Waals surface area contributed by atoms with Gasteiger partial charge in [-0.3, -0.25) is 4.79 Å². The van der Waals surface area contributed by atoms with Gasteiger partial charge in [-0.2, -0.15) is 0 Å². The van der Waals surface area contributed by atoms with Gasteiger partial charge in [-0.25, -0.2) is 0 Å². The second-order valence-corrected chi connectivity index (χ2v) is 16.0. The average Bonchev–Trinajstić information content (AvgIpc) is 3.23. The lowest BCUT2D eigenvalue weighted by atomic mass is 9.85. The minimum absolute atomic E-state index is 0.0880. The number of carbonyl (C=O) groups excluding carboxylic acids is 1. The summed E-state index contributed by atoms with van der Waals surface area (Å²) in [6.07, 6.45) is 18.1. The van der Waals surface area contributed by atoms with Gasteiger partial charge in [0, 0.05) is 44.9 Å². The highest BCUT2D eigenvalue weighted by Crippen LogP contribution is 2.54. The maximum Gasteiger partial charge on any atom is 0.221 e. The zero-order chi connectivity index (χ0) is 40.7. The topological polar surface area (TPSA) is 66.0 Å². The molecule has 0 fully saturated rings. The van der Waals surface area contributed by atoms with Crippen LogP contribution in [0.15, 0.2) is 66.7 Å². The van der Waals surface area contributed by atoms with Crippen molar-refractivity contribution in [2.45, 2.75) is 137 Å². The second kappa shape index (κ2) is 21.9. The van der Waals surface area contributed by atoms with Crippen LogP contribution >= 0.6 is 0 Å². The van der Waals surface area contributed by atoms with Gasteiger partial charge in [0.1, 0.15) is 23.0 Å². The summed E-state index contributed by atoms with van der Waals surface area (Å²) in [6.45, 7) is 13.1. The van der Waals surface area contributed by atoms with Crippen LogP contribution in [-0.4, -0.2) is 32.3 Å². The summed E-state index contributed by atoms with van der Waals surface area (Å²) in [5.74, 6) is 3.40. The zero-order valence-corrected chi connectivity index (χ0v) is 36.0. The number of unbranched alkanes of at least 4 members (excludes halogenated alkanes) is 12. The molecule has 0 saturated carbocycles. The van der Waals surface area contributed by atoms with Crippen LogP contribution in [0.25, 0.3) is 54.2 Å². The van der Waals surface area contributed by atoms with Crippen LogP contribution in [-0.2, 0) is 4.79 Å². The summed E-state index contributed by atoms with van der Waals surface area (Å²) in [5.41, 5.74) is 2.89. The van der Waals surface area contributed by atoms with Crippen LogP contribution < -0.4 is 24.3 Å². The maximum atomic E-state index is 11.9. The van der Waals surface area contributed by atoms with Crippen molar-refractivity contribution in [1.29, 1.82) is 0 Å². The monoisotopic (exact) mass is 786 g/mol. The van der Waals surface area contributed by atoms with E-state index in [0.29, 0.717) is 26.4 Å².